The van der Waals surface area contributed by atoms with Crippen molar-refractivity contribution in [2.45, 2.75) is 96.8 Å². The van der Waals surface area contributed by atoms with Gasteiger partial charge in [-0.25, -0.2) is 0 Å². The van der Waals surface area contributed by atoms with Crippen molar-refractivity contribution in [3.63, 3.8) is 0 Å². The summed E-state index contributed by atoms with van der Waals surface area (Å²) in [5.74, 6) is 0.949. The van der Waals surface area contributed by atoms with Crippen molar-refractivity contribution < 1.29 is 0 Å². The lowest BCUT2D eigenvalue weighted by molar-refractivity contribution is 0.413. The van der Waals surface area contributed by atoms with E-state index in [4.69, 9.17) is 0 Å². The van der Waals surface area contributed by atoms with Gasteiger partial charge in [-0.2, -0.15) is 0 Å². The second-order valence-corrected chi connectivity index (χ2v) is 5.74. The van der Waals surface area contributed by atoms with Gasteiger partial charge in [0, 0.05) is 0 Å². The average Bonchev–Trinajstić information content (AvgIpc) is 2.39. The van der Waals surface area contributed by atoms with E-state index in [2.05, 4.69) is 20.8 Å². The second-order valence-electron chi connectivity index (χ2n) is 5.74. The molecule has 0 aliphatic heterocycles. The van der Waals surface area contributed by atoms with E-state index in [9.17, 15) is 0 Å². The molecular weight excluding hydrogens is 216 g/mol. The van der Waals surface area contributed by atoms with Crippen LogP contribution >= 0.6 is 0 Å². The molecule has 0 aliphatic rings. The molecule has 1 atom stereocenters. The fraction of sp³-hybridized carbons (Fsp3) is 0.889. The fourth-order valence-corrected chi connectivity index (χ4v) is 2.69. The third kappa shape index (κ3) is 12.5. The van der Waals surface area contributed by atoms with Gasteiger partial charge < -0.3 is 0 Å². The first-order valence-electron chi connectivity index (χ1n) is 8.43. The van der Waals surface area contributed by atoms with Crippen molar-refractivity contribution in [2.24, 2.45) is 5.92 Å². The predicted molar refractivity (Wildman–Crippen MR) is 84.5 cm³/mol. The molecule has 0 saturated heterocycles. The van der Waals surface area contributed by atoms with Gasteiger partial charge in [-0.3, -0.25) is 0 Å². The van der Waals surface area contributed by atoms with Crippen LogP contribution in [0.3, 0.4) is 0 Å². The van der Waals surface area contributed by atoms with Gasteiger partial charge in [-0.15, -0.1) is 0 Å². The van der Waals surface area contributed by atoms with Crippen LogP contribution in [0.2, 0.25) is 0 Å². The molecule has 108 valence electrons. The zero-order valence-corrected chi connectivity index (χ0v) is 12.9. The molecule has 0 N–H and O–H groups in total. The Bertz CT molecular complexity index is 139. The van der Waals surface area contributed by atoms with E-state index >= 15 is 0 Å². The first kappa shape index (κ1) is 18.0. The molecule has 0 heterocycles. The smallest absolute Gasteiger partial charge is 0.0417 e. The summed E-state index contributed by atoms with van der Waals surface area (Å²) >= 11 is 0. The van der Waals surface area contributed by atoms with Crippen LogP contribution in [0, 0.1) is 19.8 Å². The van der Waals surface area contributed by atoms with Crippen molar-refractivity contribution >= 4 is 0 Å². The minimum atomic E-state index is 0.949. The Labute approximate surface area is 117 Å². The van der Waals surface area contributed by atoms with Gasteiger partial charge in [-0.1, -0.05) is 111 Å². The zero-order valence-electron chi connectivity index (χ0n) is 12.9. The van der Waals surface area contributed by atoms with Crippen molar-refractivity contribution in [1.82, 2.24) is 0 Å². The Kier molecular flexibility index (Phi) is 15.1. The van der Waals surface area contributed by atoms with Crippen LogP contribution in [0.25, 0.3) is 0 Å². The van der Waals surface area contributed by atoms with E-state index in [1.807, 2.05) is 0 Å². The Morgan fingerprint density at radius 3 is 1.56 bits per heavy atom. The average molecular weight is 252 g/mol. The summed E-state index contributed by atoms with van der Waals surface area (Å²) in [6.07, 6.45) is 19.2. The summed E-state index contributed by atoms with van der Waals surface area (Å²) in [5.41, 5.74) is 0. The van der Waals surface area contributed by atoms with Gasteiger partial charge in [0.25, 0.3) is 0 Å². The van der Waals surface area contributed by atoms with E-state index < -0.39 is 0 Å². The maximum absolute atomic E-state index is 3.97. The summed E-state index contributed by atoms with van der Waals surface area (Å²) in [7, 11) is 0. The zero-order chi connectivity index (χ0) is 13.5. The van der Waals surface area contributed by atoms with Crippen LogP contribution in [-0.2, 0) is 0 Å². The van der Waals surface area contributed by atoms with E-state index in [1.54, 1.807) is 0 Å². The molecule has 0 aromatic heterocycles. The molecule has 0 heteroatoms. The summed E-state index contributed by atoms with van der Waals surface area (Å²) < 4.78 is 0. The van der Waals surface area contributed by atoms with E-state index in [-0.39, 0.29) is 0 Å². The normalized spacial score (nSPS) is 12.8. The highest BCUT2D eigenvalue weighted by molar-refractivity contribution is 4.59. The van der Waals surface area contributed by atoms with E-state index in [1.165, 1.54) is 77.0 Å². The highest BCUT2D eigenvalue weighted by Gasteiger charge is 2.03. The molecule has 0 aromatic rings. The van der Waals surface area contributed by atoms with Crippen LogP contribution in [0.15, 0.2) is 0 Å². The van der Waals surface area contributed by atoms with Crippen LogP contribution in [0.5, 0.6) is 0 Å². The number of hydrogen-bond donors (Lipinski definition) is 0. The minimum absolute atomic E-state index is 0.949. The summed E-state index contributed by atoms with van der Waals surface area (Å²) in [4.78, 5) is 0. The molecule has 18 heavy (non-hydrogen) atoms. The molecule has 0 spiro atoms. The molecule has 0 bridgehead atoms. The first-order chi connectivity index (χ1) is 8.85. The standard InChI is InChI=1S/C18H36/c1-4-7-8-9-10-11-12-13-14-15-17-18(6-3)16-5-2/h18H,1-2,4-17H2,3H3. The SMILES string of the molecule is [CH2]CCCCCCCCCCCC(CC)CC[CH2]. The molecule has 2 radical (unpaired) electrons. The highest BCUT2D eigenvalue weighted by atomic mass is 14.1. The Balaban J connectivity index is 3.10. The fourth-order valence-electron chi connectivity index (χ4n) is 2.69. The van der Waals surface area contributed by atoms with Gasteiger partial charge in [0.15, 0.2) is 0 Å². The van der Waals surface area contributed by atoms with Crippen molar-refractivity contribution in [3.05, 3.63) is 13.8 Å². The van der Waals surface area contributed by atoms with Crippen LogP contribution in [0.1, 0.15) is 96.8 Å². The highest BCUT2D eigenvalue weighted by Crippen LogP contribution is 2.19. The van der Waals surface area contributed by atoms with Crippen molar-refractivity contribution in [3.8, 4) is 0 Å². The monoisotopic (exact) mass is 252 g/mol. The maximum Gasteiger partial charge on any atom is -0.0417 e. The second kappa shape index (κ2) is 15.1. The van der Waals surface area contributed by atoms with Gasteiger partial charge in [0.05, 0.1) is 0 Å². The molecular formula is C18H36. The lowest BCUT2D eigenvalue weighted by Gasteiger charge is -2.12. The molecule has 0 aromatic carbocycles. The molecule has 0 fully saturated rings. The molecule has 0 aliphatic carbocycles. The van der Waals surface area contributed by atoms with Gasteiger partial charge >= 0.3 is 0 Å². The molecule has 0 nitrogen and oxygen atoms in total. The van der Waals surface area contributed by atoms with Crippen molar-refractivity contribution in [1.29, 1.82) is 0 Å². The Morgan fingerprint density at radius 2 is 1.11 bits per heavy atom. The lowest BCUT2D eigenvalue weighted by atomic mass is 9.94. The van der Waals surface area contributed by atoms with Gasteiger partial charge in [-0.05, 0) is 5.92 Å². The first-order valence-corrected chi connectivity index (χ1v) is 8.43. The molecule has 0 rings (SSSR count). The summed E-state index contributed by atoms with van der Waals surface area (Å²) in [6.45, 7) is 10.2. The van der Waals surface area contributed by atoms with Crippen LogP contribution in [0.4, 0.5) is 0 Å². The number of hydrogen-bond acceptors (Lipinski definition) is 0. The quantitative estimate of drug-likeness (QED) is 0.300. The van der Waals surface area contributed by atoms with Crippen molar-refractivity contribution in [2.75, 3.05) is 0 Å². The third-order valence-electron chi connectivity index (χ3n) is 4.05. The largest absolute Gasteiger partial charge is 0.0651 e. The summed E-state index contributed by atoms with van der Waals surface area (Å²) in [6, 6.07) is 0. The van der Waals surface area contributed by atoms with E-state index in [0.29, 0.717) is 0 Å². The number of rotatable bonds is 14. The topological polar surface area (TPSA) is 0 Å². The molecule has 1 unspecified atom stereocenters. The maximum atomic E-state index is 3.97. The van der Waals surface area contributed by atoms with E-state index in [0.717, 1.165) is 18.8 Å². The third-order valence-corrected chi connectivity index (χ3v) is 4.05. The Hall–Kier alpha value is 0. The summed E-state index contributed by atoms with van der Waals surface area (Å²) in [5, 5.41) is 0. The molecule has 0 saturated carbocycles. The van der Waals surface area contributed by atoms with Gasteiger partial charge in [0.1, 0.15) is 0 Å². The predicted octanol–water partition coefficient (Wildman–Crippen LogP) is 6.75. The number of unbranched alkanes of at least 4 members (excludes halogenated alkanes) is 9. The molecule has 0 amide bonds. The Morgan fingerprint density at radius 1 is 0.611 bits per heavy atom. The lowest BCUT2D eigenvalue weighted by Crippen LogP contribution is -1.98. The van der Waals surface area contributed by atoms with Crippen LogP contribution in [-0.4, -0.2) is 0 Å². The van der Waals surface area contributed by atoms with Crippen LogP contribution < -0.4 is 0 Å². The van der Waals surface area contributed by atoms with Gasteiger partial charge in [0.2, 0.25) is 0 Å². The minimum Gasteiger partial charge on any atom is -0.0651 e.